The number of benzene rings is 3. The maximum Gasteiger partial charge on any atom is 0.303 e. The topological polar surface area (TPSA) is 95.2 Å². The average Bonchev–Trinajstić information content (AvgIpc) is 2.86. The molecule has 6 nitrogen and oxygen atoms in total. The number of nitrogens with one attached hydrogen (secondary N) is 1. The highest BCUT2D eigenvalue weighted by molar-refractivity contribution is 5.98. The van der Waals surface area contributed by atoms with E-state index >= 15 is 4.39 Å². The van der Waals surface area contributed by atoms with Crippen LogP contribution in [0.4, 0.5) is 14.5 Å². The van der Waals surface area contributed by atoms with Crippen LogP contribution < -0.4 is 10.1 Å². The lowest BCUT2D eigenvalue weighted by Crippen LogP contribution is -2.08. The minimum absolute atomic E-state index is 0.0605. The molecule has 0 saturated heterocycles. The standard InChI is InChI=1S/C28H23F2N3O3/c1-2-36-25-7-4-3-6-20(25)19-11-9-17(14-23(19)30)27-22(16-31)28(32-13-5-8-26(34)35)21-15-18(29)10-12-24(21)33-27/h3-4,6-7,9-12,14-15H,2,5,8,13H2,1H3,(H,32,33)(H,34,35). The molecule has 0 saturated carbocycles. The lowest BCUT2D eigenvalue weighted by Gasteiger charge is -2.16. The number of carboxylic acid groups (broad SMARTS) is 1. The Morgan fingerprint density at radius 1 is 1.11 bits per heavy atom. The lowest BCUT2D eigenvalue weighted by molar-refractivity contribution is -0.137. The van der Waals surface area contributed by atoms with Crippen LogP contribution in [-0.4, -0.2) is 29.2 Å². The molecule has 0 unspecified atom stereocenters. The van der Waals surface area contributed by atoms with Crippen molar-refractivity contribution in [1.29, 1.82) is 5.26 Å². The van der Waals surface area contributed by atoms with Crippen LogP contribution in [0, 0.1) is 23.0 Å². The summed E-state index contributed by atoms with van der Waals surface area (Å²) in [7, 11) is 0. The summed E-state index contributed by atoms with van der Waals surface area (Å²) in [6.45, 7) is 2.54. The highest BCUT2D eigenvalue weighted by Gasteiger charge is 2.19. The first-order valence-electron chi connectivity index (χ1n) is 11.4. The van der Waals surface area contributed by atoms with Gasteiger partial charge in [0.15, 0.2) is 0 Å². The number of pyridine rings is 1. The molecule has 8 heteroatoms. The summed E-state index contributed by atoms with van der Waals surface area (Å²) in [5, 5.41) is 22.4. The van der Waals surface area contributed by atoms with Gasteiger partial charge in [-0.05, 0) is 43.7 Å². The molecule has 1 heterocycles. The van der Waals surface area contributed by atoms with Gasteiger partial charge in [-0.3, -0.25) is 4.79 Å². The summed E-state index contributed by atoms with van der Waals surface area (Å²) in [5.74, 6) is -1.40. The number of carbonyl (C=O) groups is 1. The Morgan fingerprint density at radius 3 is 2.64 bits per heavy atom. The number of hydrogen-bond acceptors (Lipinski definition) is 5. The van der Waals surface area contributed by atoms with Crippen molar-refractivity contribution in [3.63, 3.8) is 0 Å². The monoisotopic (exact) mass is 487 g/mol. The van der Waals surface area contributed by atoms with Gasteiger partial charge in [0.2, 0.25) is 0 Å². The first-order chi connectivity index (χ1) is 17.4. The highest BCUT2D eigenvalue weighted by atomic mass is 19.1. The fourth-order valence-electron chi connectivity index (χ4n) is 4.04. The number of nitrogens with zero attached hydrogens (tertiary/aromatic N) is 2. The Morgan fingerprint density at radius 2 is 1.92 bits per heavy atom. The zero-order chi connectivity index (χ0) is 25.7. The van der Waals surface area contributed by atoms with E-state index in [4.69, 9.17) is 9.84 Å². The molecule has 3 aromatic carbocycles. The Bertz CT molecular complexity index is 1480. The molecule has 4 rings (SSSR count). The van der Waals surface area contributed by atoms with Crippen molar-refractivity contribution >= 4 is 22.6 Å². The third-order valence-electron chi connectivity index (χ3n) is 5.65. The Balaban J connectivity index is 1.82. The molecule has 0 aliphatic rings. The quantitative estimate of drug-likeness (QED) is 0.266. The third kappa shape index (κ3) is 5.10. The van der Waals surface area contributed by atoms with Gasteiger partial charge in [-0.25, -0.2) is 13.8 Å². The van der Waals surface area contributed by atoms with Gasteiger partial charge < -0.3 is 15.2 Å². The van der Waals surface area contributed by atoms with Gasteiger partial charge in [-0.1, -0.05) is 30.3 Å². The fraction of sp³-hybridized carbons (Fsp3) is 0.179. The molecule has 0 amide bonds. The van der Waals surface area contributed by atoms with Crippen LogP contribution >= 0.6 is 0 Å². The summed E-state index contributed by atoms with van der Waals surface area (Å²) < 4.78 is 35.1. The first kappa shape index (κ1) is 24.6. The highest BCUT2D eigenvalue weighted by Crippen LogP contribution is 2.37. The minimum atomic E-state index is -0.940. The maximum atomic E-state index is 15.4. The number of halogens is 2. The Labute approximate surface area is 206 Å². The van der Waals surface area contributed by atoms with E-state index in [2.05, 4.69) is 16.4 Å². The number of para-hydroxylation sites is 1. The molecule has 4 aromatic rings. The van der Waals surface area contributed by atoms with Crippen molar-refractivity contribution in [2.75, 3.05) is 18.5 Å². The second-order valence-electron chi connectivity index (χ2n) is 8.03. The summed E-state index contributed by atoms with van der Waals surface area (Å²) >= 11 is 0. The molecule has 0 atom stereocenters. The second-order valence-corrected chi connectivity index (χ2v) is 8.03. The molecule has 0 fully saturated rings. The predicted molar refractivity (Wildman–Crippen MR) is 134 cm³/mol. The smallest absolute Gasteiger partial charge is 0.303 e. The van der Waals surface area contributed by atoms with Crippen LogP contribution in [0.2, 0.25) is 0 Å². The molecule has 0 aliphatic carbocycles. The van der Waals surface area contributed by atoms with Gasteiger partial charge in [0.05, 0.1) is 23.5 Å². The predicted octanol–water partition coefficient (Wildman–Crippen LogP) is 6.39. The van der Waals surface area contributed by atoms with Gasteiger partial charge in [0.1, 0.15) is 29.0 Å². The van der Waals surface area contributed by atoms with Gasteiger partial charge in [-0.2, -0.15) is 5.26 Å². The van der Waals surface area contributed by atoms with E-state index < -0.39 is 17.6 Å². The fourth-order valence-corrected chi connectivity index (χ4v) is 4.04. The normalized spacial score (nSPS) is 10.7. The van der Waals surface area contributed by atoms with E-state index in [0.717, 1.165) is 0 Å². The average molecular weight is 488 g/mol. The number of rotatable bonds is 9. The minimum Gasteiger partial charge on any atom is -0.493 e. The lowest BCUT2D eigenvalue weighted by atomic mass is 9.97. The number of nitriles is 1. The van der Waals surface area contributed by atoms with Crippen molar-refractivity contribution in [1.82, 2.24) is 4.98 Å². The van der Waals surface area contributed by atoms with E-state index in [9.17, 15) is 14.4 Å². The molecule has 0 aliphatic heterocycles. The summed E-state index contributed by atoms with van der Waals surface area (Å²) in [5.41, 5.74) is 2.42. The molecule has 0 radical (unpaired) electrons. The second kappa shape index (κ2) is 10.8. The molecule has 0 spiro atoms. The summed E-state index contributed by atoms with van der Waals surface area (Å²) in [6, 6.07) is 17.9. The van der Waals surface area contributed by atoms with E-state index in [-0.39, 0.29) is 24.2 Å². The van der Waals surface area contributed by atoms with E-state index in [0.29, 0.717) is 52.1 Å². The molecule has 1 aromatic heterocycles. The van der Waals surface area contributed by atoms with Gasteiger partial charge in [0, 0.05) is 35.0 Å². The van der Waals surface area contributed by atoms with Crippen molar-refractivity contribution < 1.29 is 23.4 Å². The van der Waals surface area contributed by atoms with E-state index in [1.807, 2.05) is 13.0 Å². The number of carboxylic acids is 1. The molecule has 2 N–H and O–H groups in total. The SMILES string of the molecule is CCOc1ccccc1-c1ccc(-c2nc3ccc(F)cc3c(NCCCC(=O)O)c2C#N)cc1F. The molecule has 36 heavy (non-hydrogen) atoms. The van der Waals surface area contributed by atoms with E-state index in [1.165, 1.54) is 24.3 Å². The van der Waals surface area contributed by atoms with Crippen molar-refractivity contribution in [2.45, 2.75) is 19.8 Å². The molecule has 0 bridgehead atoms. The summed E-state index contributed by atoms with van der Waals surface area (Å²) in [4.78, 5) is 15.4. The van der Waals surface area contributed by atoms with Crippen LogP contribution in [0.3, 0.4) is 0 Å². The van der Waals surface area contributed by atoms with Crippen LogP contribution in [0.5, 0.6) is 5.75 Å². The number of anilines is 1. The maximum absolute atomic E-state index is 15.4. The zero-order valence-electron chi connectivity index (χ0n) is 19.5. The number of ether oxygens (including phenoxy) is 1. The largest absolute Gasteiger partial charge is 0.493 e. The molecular formula is C28H23F2N3O3. The van der Waals surface area contributed by atoms with Crippen LogP contribution in [0.15, 0.2) is 60.7 Å². The zero-order valence-corrected chi connectivity index (χ0v) is 19.5. The van der Waals surface area contributed by atoms with Crippen molar-refractivity contribution in [3.8, 4) is 34.2 Å². The Kier molecular flexibility index (Phi) is 7.40. The molecule has 182 valence electrons. The van der Waals surface area contributed by atoms with Crippen molar-refractivity contribution in [2.24, 2.45) is 0 Å². The number of aliphatic carboxylic acids is 1. The van der Waals surface area contributed by atoms with Gasteiger partial charge in [0.25, 0.3) is 0 Å². The van der Waals surface area contributed by atoms with E-state index in [1.54, 1.807) is 30.3 Å². The van der Waals surface area contributed by atoms with Crippen LogP contribution in [0.1, 0.15) is 25.3 Å². The first-order valence-corrected chi connectivity index (χ1v) is 11.4. The molecular weight excluding hydrogens is 464 g/mol. The third-order valence-corrected chi connectivity index (χ3v) is 5.65. The van der Waals surface area contributed by atoms with Crippen molar-refractivity contribution in [3.05, 3.63) is 77.9 Å². The Hall–Kier alpha value is -4.51. The van der Waals surface area contributed by atoms with Gasteiger partial charge >= 0.3 is 5.97 Å². The summed E-state index contributed by atoms with van der Waals surface area (Å²) in [6.07, 6.45) is 0.242. The number of fused-ring (bicyclic) bond motifs is 1. The number of aromatic nitrogens is 1. The van der Waals surface area contributed by atoms with Gasteiger partial charge in [-0.15, -0.1) is 0 Å². The van der Waals surface area contributed by atoms with Crippen LogP contribution in [-0.2, 0) is 4.79 Å². The number of hydrogen-bond donors (Lipinski definition) is 2. The van der Waals surface area contributed by atoms with Crippen LogP contribution in [0.25, 0.3) is 33.3 Å².